The normalized spacial score (nSPS) is 13.4. The maximum atomic E-state index is 11.1. The molecule has 3 N–H and O–H groups in total. The molecular formula is C11H13INO2+. The van der Waals surface area contributed by atoms with Gasteiger partial charge in [0.1, 0.15) is 0 Å². The van der Waals surface area contributed by atoms with Crippen LogP contribution in [0.1, 0.15) is 5.56 Å². The third-order valence-corrected chi connectivity index (χ3v) is 2.88. The Bertz CT molecular complexity index is 362. The van der Waals surface area contributed by atoms with Gasteiger partial charge in [0.05, 0.1) is 7.11 Å². The van der Waals surface area contributed by atoms with Crippen molar-refractivity contribution in [1.82, 2.24) is 0 Å². The van der Waals surface area contributed by atoms with Crippen molar-refractivity contribution in [2.45, 2.75) is 6.04 Å². The summed E-state index contributed by atoms with van der Waals surface area (Å²) in [5.41, 5.74) is 4.80. The van der Waals surface area contributed by atoms with Gasteiger partial charge in [-0.3, -0.25) is 0 Å². The van der Waals surface area contributed by atoms with E-state index in [1.165, 1.54) is 7.11 Å². The van der Waals surface area contributed by atoms with Crippen molar-refractivity contribution in [2.24, 2.45) is 0 Å². The van der Waals surface area contributed by atoms with Crippen LogP contribution in [0.3, 0.4) is 0 Å². The molecule has 0 aliphatic rings. The maximum Gasteiger partial charge on any atom is 0.368 e. The molecule has 0 aliphatic carbocycles. The van der Waals surface area contributed by atoms with Crippen molar-refractivity contribution in [3.8, 4) is 0 Å². The number of carbonyl (C=O) groups is 1. The SMILES string of the molecule is COC(=O)C([NH3+])/C=C(\I)c1ccccc1. The van der Waals surface area contributed by atoms with Gasteiger partial charge >= 0.3 is 5.97 Å². The second-order valence-corrected chi connectivity index (χ2v) is 4.17. The summed E-state index contributed by atoms with van der Waals surface area (Å²) in [6.45, 7) is 0. The minimum atomic E-state index is -0.456. The molecule has 0 fully saturated rings. The van der Waals surface area contributed by atoms with Crippen molar-refractivity contribution in [2.75, 3.05) is 7.11 Å². The van der Waals surface area contributed by atoms with Crippen LogP contribution >= 0.6 is 22.6 Å². The minimum absolute atomic E-state index is 0.319. The van der Waals surface area contributed by atoms with Crippen molar-refractivity contribution in [3.05, 3.63) is 42.0 Å². The zero-order valence-corrected chi connectivity index (χ0v) is 10.6. The van der Waals surface area contributed by atoms with Gasteiger partial charge in [-0.2, -0.15) is 0 Å². The molecule has 0 saturated heterocycles. The van der Waals surface area contributed by atoms with Crippen molar-refractivity contribution < 1.29 is 15.3 Å². The molecule has 0 heterocycles. The molecule has 0 aliphatic heterocycles. The van der Waals surface area contributed by atoms with Gasteiger partial charge in [0, 0.05) is 3.58 Å². The van der Waals surface area contributed by atoms with Crippen molar-refractivity contribution in [3.63, 3.8) is 0 Å². The minimum Gasteiger partial charge on any atom is -0.464 e. The fourth-order valence-corrected chi connectivity index (χ4v) is 1.88. The van der Waals surface area contributed by atoms with E-state index in [1.807, 2.05) is 30.3 Å². The van der Waals surface area contributed by atoms with Gasteiger partial charge in [-0.1, -0.05) is 30.3 Å². The Morgan fingerprint density at radius 1 is 1.47 bits per heavy atom. The van der Waals surface area contributed by atoms with Gasteiger partial charge in [-0.25, -0.2) is 4.79 Å². The lowest BCUT2D eigenvalue weighted by atomic mass is 10.2. The highest BCUT2D eigenvalue weighted by molar-refractivity contribution is 14.1. The number of hydrogen-bond donors (Lipinski definition) is 1. The predicted molar refractivity (Wildman–Crippen MR) is 67.1 cm³/mol. The molecule has 4 heteroatoms. The second kappa shape index (κ2) is 5.87. The van der Waals surface area contributed by atoms with Gasteiger partial charge in [0.2, 0.25) is 6.04 Å². The molecular weight excluding hydrogens is 305 g/mol. The summed E-state index contributed by atoms with van der Waals surface area (Å²) >= 11 is 2.19. The molecule has 0 bridgehead atoms. The van der Waals surface area contributed by atoms with E-state index in [1.54, 1.807) is 6.08 Å². The number of ether oxygens (including phenoxy) is 1. The van der Waals surface area contributed by atoms with Crippen LogP contribution in [0.15, 0.2) is 36.4 Å². The molecule has 1 aromatic rings. The van der Waals surface area contributed by atoms with Gasteiger partial charge in [-0.15, -0.1) is 0 Å². The highest BCUT2D eigenvalue weighted by atomic mass is 127. The first kappa shape index (κ1) is 12.2. The van der Waals surface area contributed by atoms with E-state index < -0.39 is 6.04 Å². The average molecular weight is 318 g/mol. The van der Waals surface area contributed by atoms with Crippen molar-refractivity contribution in [1.29, 1.82) is 0 Å². The van der Waals surface area contributed by atoms with Gasteiger partial charge in [0.15, 0.2) is 0 Å². The maximum absolute atomic E-state index is 11.1. The highest BCUT2D eigenvalue weighted by Crippen LogP contribution is 2.21. The lowest BCUT2D eigenvalue weighted by Gasteiger charge is -2.03. The molecule has 1 atom stereocenters. The van der Waals surface area contributed by atoms with Crippen LogP contribution in [-0.2, 0) is 9.53 Å². The summed E-state index contributed by atoms with van der Waals surface area (Å²) in [4.78, 5) is 11.1. The standard InChI is InChI=1S/C11H12INO2/c1-15-11(14)10(13)7-9(12)8-5-3-2-4-6-8/h2-7,10H,13H2,1H3/p+1/b9-7-. The smallest absolute Gasteiger partial charge is 0.368 e. The molecule has 80 valence electrons. The first-order chi connectivity index (χ1) is 7.15. The molecule has 1 aromatic carbocycles. The summed E-state index contributed by atoms with van der Waals surface area (Å²) in [6, 6.07) is 9.39. The zero-order chi connectivity index (χ0) is 11.3. The van der Waals surface area contributed by atoms with Crippen LogP contribution < -0.4 is 5.73 Å². The first-order valence-corrected chi connectivity index (χ1v) is 5.56. The molecule has 0 aromatic heterocycles. The van der Waals surface area contributed by atoms with E-state index in [2.05, 4.69) is 33.1 Å². The van der Waals surface area contributed by atoms with E-state index in [4.69, 9.17) is 0 Å². The lowest BCUT2D eigenvalue weighted by molar-refractivity contribution is -0.392. The van der Waals surface area contributed by atoms with Crippen LogP contribution in [0.5, 0.6) is 0 Å². The quantitative estimate of drug-likeness (QED) is 0.674. The van der Waals surface area contributed by atoms with E-state index in [0.29, 0.717) is 0 Å². The van der Waals surface area contributed by atoms with Crippen LogP contribution in [0, 0.1) is 0 Å². The third-order valence-electron chi connectivity index (χ3n) is 1.90. The zero-order valence-electron chi connectivity index (χ0n) is 8.44. The summed E-state index contributed by atoms with van der Waals surface area (Å²) in [7, 11) is 1.36. The summed E-state index contributed by atoms with van der Waals surface area (Å²) < 4.78 is 5.60. The number of methoxy groups -OCH3 is 1. The number of esters is 1. The van der Waals surface area contributed by atoms with Gasteiger partial charge < -0.3 is 10.5 Å². The molecule has 0 radical (unpaired) electrons. The Labute approximate surface area is 102 Å². The topological polar surface area (TPSA) is 53.9 Å². The molecule has 1 unspecified atom stereocenters. The largest absolute Gasteiger partial charge is 0.464 e. The average Bonchev–Trinajstić information content (AvgIpc) is 2.29. The molecule has 3 nitrogen and oxygen atoms in total. The molecule has 15 heavy (non-hydrogen) atoms. The number of benzene rings is 1. The number of quaternary nitrogens is 1. The lowest BCUT2D eigenvalue weighted by Crippen LogP contribution is -2.64. The van der Waals surface area contributed by atoms with E-state index in [0.717, 1.165) is 9.14 Å². The van der Waals surface area contributed by atoms with E-state index in [-0.39, 0.29) is 5.97 Å². The Morgan fingerprint density at radius 2 is 2.07 bits per heavy atom. The number of carbonyl (C=O) groups excluding carboxylic acids is 1. The monoisotopic (exact) mass is 318 g/mol. The molecule has 0 spiro atoms. The number of rotatable bonds is 3. The van der Waals surface area contributed by atoms with Crippen LogP contribution in [-0.4, -0.2) is 19.1 Å². The Kier molecular flexibility index (Phi) is 4.77. The highest BCUT2D eigenvalue weighted by Gasteiger charge is 2.15. The van der Waals surface area contributed by atoms with Crippen LogP contribution in [0.25, 0.3) is 3.58 Å². The van der Waals surface area contributed by atoms with Gasteiger partial charge in [-0.05, 0) is 34.2 Å². The Morgan fingerprint density at radius 3 is 2.60 bits per heavy atom. The molecule has 1 rings (SSSR count). The fraction of sp³-hybridized carbons (Fsp3) is 0.182. The predicted octanol–water partition coefficient (Wildman–Crippen LogP) is 1.25. The Balaban J connectivity index is 2.80. The van der Waals surface area contributed by atoms with Gasteiger partial charge in [0.25, 0.3) is 0 Å². The number of halogens is 1. The molecule has 0 amide bonds. The van der Waals surface area contributed by atoms with Crippen molar-refractivity contribution >= 4 is 32.1 Å². The summed E-state index contributed by atoms with van der Waals surface area (Å²) in [5.74, 6) is -0.319. The third kappa shape index (κ3) is 3.64. The summed E-state index contributed by atoms with van der Waals surface area (Å²) in [5, 5.41) is 0. The Hall–Kier alpha value is -0.880. The van der Waals surface area contributed by atoms with E-state index in [9.17, 15) is 4.79 Å². The molecule has 0 saturated carbocycles. The first-order valence-electron chi connectivity index (χ1n) is 4.49. The number of hydrogen-bond acceptors (Lipinski definition) is 2. The summed E-state index contributed by atoms with van der Waals surface area (Å²) in [6.07, 6.45) is 1.79. The van der Waals surface area contributed by atoms with Crippen LogP contribution in [0.4, 0.5) is 0 Å². The van der Waals surface area contributed by atoms with E-state index >= 15 is 0 Å². The fourth-order valence-electron chi connectivity index (χ4n) is 1.09. The second-order valence-electron chi connectivity index (χ2n) is 3.01. The van der Waals surface area contributed by atoms with Crippen LogP contribution in [0.2, 0.25) is 0 Å².